The van der Waals surface area contributed by atoms with E-state index in [9.17, 15) is 5.11 Å². The number of aliphatic hydroxyl groups excluding tert-OH is 2. The highest BCUT2D eigenvalue weighted by Crippen LogP contribution is 2.20. The highest BCUT2D eigenvalue weighted by atomic mass is 16.5. The highest BCUT2D eigenvalue weighted by molar-refractivity contribution is 4.67. The average molecular weight is 259 g/mol. The zero-order chi connectivity index (χ0) is 13.2. The van der Waals surface area contributed by atoms with Crippen LogP contribution >= 0.6 is 0 Å². The van der Waals surface area contributed by atoms with Gasteiger partial charge in [0.15, 0.2) is 0 Å². The largest absolute Gasteiger partial charge is 0.396 e. The monoisotopic (exact) mass is 259 g/mol. The first-order chi connectivity index (χ1) is 8.72. The van der Waals surface area contributed by atoms with Crippen molar-refractivity contribution in [2.24, 2.45) is 5.92 Å². The molecular formula is C14H29NO3. The van der Waals surface area contributed by atoms with Gasteiger partial charge in [-0.15, -0.1) is 0 Å². The maximum Gasteiger partial charge on any atom is 0.0897 e. The van der Waals surface area contributed by atoms with Crippen LogP contribution in [0.2, 0.25) is 0 Å². The van der Waals surface area contributed by atoms with Crippen molar-refractivity contribution in [3.05, 3.63) is 0 Å². The summed E-state index contributed by atoms with van der Waals surface area (Å²) in [6.45, 7) is 4.17. The molecule has 0 bridgehead atoms. The summed E-state index contributed by atoms with van der Waals surface area (Å²) in [6.07, 6.45) is 6.89. The van der Waals surface area contributed by atoms with Crippen LogP contribution in [0.1, 0.15) is 45.4 Å². The Kier molecular flexibility index (Phi) is 8.59. The molecule has 1 rings (SSSR count). The molecule has 1 fully saturated rings. The fraction of sp³-hybridized carbons (Fsp3) is 1.00. The van der Waals surface area contributed by atoms with E-state index >= 15 is 0 Å². The predicted octanol–water partition coefficient (Wildman–Crippen LogP) is 1.30. The van der Waals surface area contributed by atoms with Crippen molar-refractivity contribution >= 4 is 0 Å². The normalized spacial score (nSPS) is 20.8. The van der Waals surface area contributed by atoms with Crippen LogP contribution in [0.3, 0.4) is 0 Å². The van der Waals surface area contributed by atoms with Gasteiger partial charge in [0, 0.05) is 13.2 Å². The van der Waals surface area contributed by atoms with Gasteiger partial charge in [0.1, 0.15) is 0 Å². The third-order valence-corrected chi connectivity index (χ3v) is 3.57. The molecule has 2 unspecified atom stereocenters. The van der Waals surface area contributed by atoms with Crippen LogP contribution in [0.5, 0.6) is 0 Å². The first kappa shape index (κ1) is 15.9. The Morgan fingerprint density at radius 3 is 2.61 bits per heavy atom. The van der Waals surface area contributed by atoms with Crippen molar-refractivity contribution in [1.29, 1.82) is 0 Å². The van der Waals surface area contributed by atoms with E-state index in [0.717, 1.165) is 25.8 Å². The van der Waals surface area contributed by atoms with Gasteiger partial charge < -0.3 is 20.3 Å². The van der Waals surface area contributed by atoms with Gasteiger partial charge in [-0.25, -0.2) is 0 Å². The summed E-state index contributed by atoms with van der Waals surface area (Å²) < 4.78 is 5.72. The third-order valence-electron chi connectivity index (χ3n) is 3.57. The van der Waals surface area contributed by atoms with E-state index < -0.39 is 6.10 Å². The van der Waals surface area contributed by atoms with E-state index in [1.165, 1.54) is 19.3 Å². The summed E-state index contributed by atoms with van der Waals surface area (Å²) in [5.74, 6) is 0.446. The fourth-order valence-corrected chi connectivity index (χ4v) is 2.36. The van der Waals surface area contributed by atoms with Gasteiger partial charge in [-0.1, -0.05) is 26.2 Å². The molecule has 4 heteroatoms. The molecule has 3 N–H and O–H groups in total. The zero-order valence-electron chi connectivity index (χ0n) is 11.6. The molecule has 0 heterocycles. The number of ether oxygens (including phenoxy) is 1. The molecule has 0 saturated heterocycles. The summed E-state index contributed by atoms with van der Waals surface area (Å²) in [4.78, 5) is 0. The molecule has 0 spiro atoms. The van der Waals surface area contributed by atoms with Crippen LogP contribution in [-0.4, -0.2) is 48.7 Å². The van der Waals surface area contributed by atoms with Gasteiger partial charge in [-0.3, -0.25) is 0 Å². The minimum atomic E-state index is -0.423. The first-order valence-electron chi connectivity index (χ1n) is 7.33. The SMILES string of the molecule is CC(CCO)CNCC(O)COC1CCCCC1. The first-order valence-corrected chi connectivity index (χ1v) is 7.33. The van der Waals surface area contributed by atoms with Crippen molar-refractivity contribution in [2.75, 3.05) is 26.3 Å². The lowest BCUT2D eigenvalue weighted by Gasteiger charge is -2.23. The Balaban J connectivity index is 1.97. The van der Waals surface area contributed by atoms with Crippen LogP contribution in [0, 0.1) is 5.92 Å². The molecule has 0 radical (unpaired) electrons. The molecule has 1 saturated carbocycles. The van der Waals surface area contributed by atoms with Gasteiger partial charge in [0.25, 0.3) is 0 Å². The summed E-state index contributed by atoms with van der Waals surface area (Å²) in [5, 5.41) is 21.8. The van der Waals surface area contributed by atoms with Crippen LogP contribution in [0.25, 0.3) is 0 Å². The van der Waals surface area contributed by atoms with E-state index in [1.54, 1.807) is 0 Å². The number of rotatable bonds is 9. The fourth-order valence-electron chi connectivity index (χ4n) is 2.36. The molecule has 1 aliphatic rings. The molecule has 1 aliphatic carbocycles. The summed E-state index contributed by atoms with van der Waals surface area (Å²) in [5.41, 5.74) is 0. The van der Waals surface area contributed by atoms with Crippen LogP contribution in [0.15, 0.2) is 0 Å². The maximum atomic E-state index is 9.79. The Hall–Kier alpha value is -0.160. The Morgan fingerprint density at radius 1 is 1.22 bits per heavy atom. The van der Waals surface area contributed by atoms with Crippen molar-refractivity contribution in [3.8, 4) is 0 Å². The minimum absolute atomic E-state index is 0.232. The van der Waals surface area contributed by atoms with Gasteiger partial charge in [0.2, 0.25) is 0 Å². The molecule has 0 aromatic heterocycles. The third kappa shape index (κ3) is 7.31. The van der Waals surface area contributed by atoms with E-state index in [4.69, 9.17) is 9.84 Å². The van der Waals surface area contributed by atoms with Crippen molar-refractivity contribution in [1.82, 2.24) is 5.32 Å². The summed E-state index contributed by atoms with van der Waals surface area (Å²) in [7, 11) is 0. The molecule has 0 aliphatic heterocycles. The lowest BCUT2D eigenvalue weighted by Crippen LogP contribution is -2.34. The van der Waals surface area contributed by atoms with Crippen molar-refractivity contribution in [3.63, 3.8) is 0 Å². The van der Waals surface area contributed by atoms with Crippen molar-refractivity contribution in [2.45, 2.75) is 57.7 Å². The van der Waals surface area contributed by atoms with Crippen LogP contribution in [-0.2, 0) is 4.74 Å². The number of aliphatic hydroxyl groups is 2. The van der Waals surface area contributed by atoms with Gasteiger partial charge in [0.05, 0.1) is 18.8 Å². The lowest BCUT2D eigenvalue weighted by molar-refractivity contribution is -0.0231. The quantitative estimate of drug-likeness (QED) is 0.584. The van der Waals surface area contributed by atoms with Gasteiger partial charge in [-0.05, 0) is 31.7 Å². The zero-order valence-corrected chi connectivity index (χ0v) is 11.6. The second-order valence-corrected chi connectivity index (χ2v) is 5.52. The average Bonchev–Trinajstić information content (AvgIpc) is 2.38. The van der Waals surface area contributed by atoms with E-state index in [-0.39, 0.29) is 6.61 Å². The van der Waals surface area contributed by atoms with E-state index in [1.807, 2.05) is 0 Å². The molecule has 18 heavy (non-hydrogen) atoms. The number of hydrogen-bond donors (Lipinski definition) is 3. The highest BCUT2D eigenvalue weighted by Gasteiger charge is 2.15. The van der Waals surface area contributed by atoms with E-state index in [2.05, 4.69) is 12.2 Å². The van der Waals surface area contributed by atoms with E-state index in [0.29, 0.717) is 25.2 Å². The second kappa shape index (κ2) is 9.73. The molecule has 108 valence electrons. The lowest BCUT2D eigenvalue weighted by atomic mass is 9.98. The standard InChI is InChI=1S/C14H29NO3/c1-12(7-8-16)9-15-10-13(17)11-18-14-5-3-2-4-6-14/h12-17H,2-11H2,1H3. The topological polar surface area (TPSA) is 61.7 Å². The molecule has 0 aromatic carbocycles. The Morgan fingerprint density at radius 2 is 1.94 bits per heavy atom. The van der Waals surface area contributed by atoms with Crippen LogP contribution in [0.4, 0.5) is 0 Å². The predicted molar refractivity (Wildman–Crippen MR) is 72.6 cm³/mol. The second-order valence-electron chi connectivity index (χ2n) is 5.52. The maximum absolute atomic E-state index is 9.79. The number of hydrogen-bond acceptors (Lipinski definition) is 4. The van der Waals surface area contributed by atoms with Gasteiger partial charge >= 0.3 is 0 Å². The smallest absolute Gasteiger partial charge is 0.0897 e. The van der Waals surface area contributed by atoms with Gasteiger partial charge in [-0.2, -0.15) is 0 Å². The molecule has 0 aromatic rings. The minimum Gasteiger partial charge on any atom is -0.396 e. The van der Waals surface area contributed by atoms with Crippen molar-refractivity contribution < 1.29 is 14.9 Å². The summed E-state index contributed by atoms with van der Waals surface area (Å²) >= 11 is 0. The number of nitrogens with one attached hydrogen (secondary N) is 1. The molecule has 4 nitrogen and oxygen atoms in total. The molecular weight excluding hydrogens is 230 g/mol. The summed E-state index contributed by atoms with van der Waals surface area (Å²) in [6, 6.07) is 0. The molecule has 2 atom stereocenters. The Labute approximate surface area is 111 Å². The van der Waals surface area contributed by atoms with Crippen LogP contribution < -0.4 is 5.32 Å². The molecule has 0 amide bonds. The Bertz CT molecular complexity index is 195.